The number of hydrogen-bond donors (Lipinski definition) is 1. The lowest BCUT2D eigenvalue weighted by molar-refractivity contribution is -0.116. The van der Waals surface area contributed by atoms with Gasteiger partial charge in [-0.3, -0.25) is 9.48 Å². The summed E-state index contributed by atoms with van der Waals surface area (Å²) in [7, 11) is 2.47. The molecule has 8 heteroatoms. The van der Waals surface area contributed by atoms with Crippen molar-refractivity contribution in [2.75, 3.05) is 19.5 Å². The van der Waals surface area contributed by atoms with Crippen LogP contribution in [0.5, 0.6) is 0 Å². The number of esters is 2. The van der Waals surface area contributed by atoms with Gasteiger partial charge in [0.2, 0.25) is 5.91 Å². The number of aromatic nitrogens is 2. The maximum atomic E-state index is 12.1. The topological polar surface area (TPSA) is 99.5 Å². The van der Waals surface area contributed by atoms with E-state index in [9.17, 15) is 14.4 Å². The van der Waals surface area contributed by atoms with Crippen molar-refractivity contribution in [3.63, 3.8) is 0 Å². The van der Waals surface area contributed by atoms with E-state index in [0.717, 1.165) is 5.56 Å². The summed E-state index contributed by atoms with van der Waals surface area (Å²) in [6.07, 6.45) is 3.73. The van der Waals surface area contributed by atoms with Gasteiger partial charge in [0, 0.05) is 24.8 Å². The first-order valence-corrected chi connectivity index (χ1v) is 7.53. The molecule has 0 aliphatic carbocycles. The molecule has 1 aromatic carbocycles. The average Bonchev–Trinajstić information content (AvgIpc) is 3.03. The molecule has 2 aromatic rings. The maximum absolute atomic E-state index is 12.1. The number of amides is 1. The molecule has 1 aromatic heterocycles. The molecular formula is C17H19N3O5. The van der Waals surface area contributed by atoms with Crippen LogP contribution in [0.15, 0.2) is 30.6 Å². The van der Waals surface area contributed by atoms with Gasteiger partial charge in [0.15, 0.2) is 0 Å². The first-order chi connectivity index (χ1) is 11.9. The predicted octanol–water partition coefficient (Wildman–Crippen LogP) is 1.79. The Morgan fingerprint density at radius 1 is 1.08 bits per heavy atom. The van der Waals surface area contributed by atoms with Gasteiger partial charge in [0.25, 0.3) is 0 Å². The van der Waals surface area contributed by atoms with Gasteiger partial charge in [-0.2, -0.15) is 5.10 Å². The number of hydrogen-bond acceptors (Lipinski definition) is 6. The van der Waals surface area contributed by atoms with Crippen LogP contribution in [0.3, 0.4) is 0 Å². The summed E-state index contributed by atoms with van der Waals surface area (Å²) in [6, 6.07) is 4.22. The van der Waals surface area contributed by atoms with Gasteiger partial charge in [0.05, 0.1) is 31.5 Å². The fraction of sp³-hybridized carbons (Fsp3) is 0.294. The number of nitrogens with zero attached hydrogens (tertiary/aromatic N) is 2. The number of carbonyl (C=O) groups excluding carboxylic acids is 3. The average molecular weight is 345 g/mol. The molecule has 0 unspecified atom stereocenters. The van der Waals surface area contributed by atoms with Gasteiger partial charge in [-0.1, -0.05) is 0 Å². The van der Waals surface area contributed by atoms with Gasteiger partial charge in [-0.25, -0.2) is 9.59 Å². The summed E-state index contributed by atoms with van der Waals surface area (Å²) < 4.78 is 11.0. The summed E-state index contributed by atoms with van der Waals surface area (Å²) in [5.41, 5.74) is 1.60. The second-order valence-electron chi connectivity index (χ2n) is 5.36. The molecule has 0 atom stereocenters. The molecule has 0 spiro atoms. The van der Waals surface area contributed by atoms with E-state index < -0.39 is 11.9 Å². The van der Waals surface area contributed by atoms with Crippen LogP contribution in [-0.2, 0) is 20.8 Å². The van der Waals surface area contributed by atoms with E-state index in [-0.39, 0.29) is 23.5 Å². The Kier molecular flexibility index (Phi) is 5.89. The SMILES string of the molecule is COC(=O)c1cc(NC(=O)CCn2cc(C)cn2)cc(C(=O)OC)c1. The van der Waals surface area contributed by atoms with Crippen molar-refractivity contribution in [3.05, 3.63) is 47.3 Å². The molecule has 1 amide bonds. The number of nitrogens with one attached hydrogen (secondary N) is 1. The predicted molar refractivity (Wildman–Crippen MR) is 89.3 cm³/mol. The number of aryl methyl sites for hydroxylation is 2. The van der Waals surface area contributed by atoms with E-state index in [1.165, 1.54) is 32.4 Å². The third kappa shape index (κ3) is 4.90. The molecule has 0 fully saturated rings. The summed E-state index contributed by atoms with van der Waals surface area (Å²) in [4.78, 5) is 35.6. The molecule has 0 aliphatic heterocycles. The second-order valence-corrected chi connectivity index (χ2v) is 5.36. The summed E-state index contributed by atoms with van der Waals surface area (Å²) in [5, 5.41) is 6.77. The van der Waals surface area contributed by atoms with Gasteiger partial charge < -0.3 is 14.8 Å². The first kappa shape index (κ1) is 18.2. The molecule has 1 heterocycles. The van der Waals surface area contributed by atoms with Crippen molar-refractivity contribution in [3.8, 4) is 0 Å². The third-order valence-electron chi connectivity index (χ3n) is 3.39. The smallest absolute Gasteiger partial charge is 0.337 e. The quantitative estimate of drug-likeness (QED) is 0.801. The number of benzene rings is 1. The Balaban J connectivity index is 2.12. The molecule has 0 saturated heterocycles. The fourth-order valence-electron chi connectivity index (χ4n) is 2.20. The summed E-state index contributed by atoms with van der Waals surface area (Å²) >= 11 is 0. The number of ether oxygens (including phenoxy) is 2. The zero-order chi connectivity index (χ0) is 18.4. The number of anilines is 1. The van der Waals surface area contributed by atoms with E-state index in [2.05, 4.69) is 19.9 Å². The molecular weight excluding hydrogens is 326 g/mol. The van der Waals surface area contributed by atoms with E-state index in [4.69, 9.17) is 0 Å². The van der Waals surface area contributed by atoms with Crippen molar-refractivity contribution in [2.45, 2.75) is 19.9 Å². The van der Waals surface area contributed by atoms with Crippen LogP contribution in [0, 0.1) is 6.92 Å². The normalized spacial score (nSPS) is 10.2. The minimum absolute atomic E-state index is 0.142. The van der Waals surface area contributed by atoms with E-state index in [1.54, 1.807) is 10.9 Å². The van der Waals surface area contributed by atoms with Crippen LogP contribution >= 0.6 is 0 Å². The highest BCUT2D eigenvalue weighted by atomic mass is 16.5. The Hall–Kier alpha value is -3.16. The molecule has 2 rings (SSSR count). The molecule has 0 aliphatic rings. The zero-order valence-electron chi connectivity index (χ0n) is 14.2. The molecule has 0 bridgehead atoms. The maximum Gasteiger partial charge on any atom is 0.337 e. The Morgan fingerprint density at radius 3 is 2.16 bits per heavy atom. The van der Waals surface area contributed by atoms with E-state index in [1.807, 2.05) is 13.1 Å². The highest BCUT2D eigenvalue weighted by Gasteiger charge is 2.15. The summed E-state index contributed by atoms with van der Waals surface area (Å²) in [5.74, 6) is -1.51. The van der Waals surface area contributed by atoms with Crippen LogP contribution in [-0.4, -0.2) is 41.8 Å². The lowest BCUT2D eigenvalue weighted by Gasteiger charge is -2.09. The van der Waals surface area contributed by atoms with Crippen molar-refractivity contribution >= 4 is 23.5 Å². The molecule has 0 saturated carbocycles. The first-order valence-electron chi connectivity index (χ1n) is 7.53. The minimum Gasteiger partial charge on any atom is -0.465 e. The van der Waals surface area contributed by atoms with Crippen LogP contribution in [0.4, 0.5) is 5.69 Å². The Morgan fingerprint density at radius 2 is 1.68 bits per heavy atom. The summed E-state index contributed by atoms with van der Waals surface area (Å²) in [6.45, 7) is 2.33. The van der Waals surface area contributed by atoms with Gasteiger partial charge in [-0.05, 0) is 30.7 Å². The van der Waals surface area contributed by atoms with Gasteiger partial charge in [-0.15, -0.1) is 0 Å². The zero-order valence-corrected chi connectivity index (χ0v) is 14.2. The highest BCUT2D eigenvalue weighted by molar-refractivity contribution is 5.99. The number of rotatable bonds is 6. The van der Waals surface area contributed by atoms with Crippen molar-refractivity contribution in [2.24, 2.45) is 0 Å². The Labute approximate surface area is 144 Å². The standard InChI is InChI=1S/C17H19N3O5/c1-11-9-18-20(10-11)5-4-15(21)19-14-7-12(16(22)24-2)6-13(8-14)17(23)25-3/h6-10H,4-5H2,1-3H3,(H,19,21). The monoisotopic (exact) mass is 345 g/mol. The van der Waals surface area contributed by atoms with Crippen LogP contribution < -0.4 is 5.32 Å². The highest BCUT2D eigenvalue weighted by Crippen LogP contribution is 2.17. The van der Waals surface area contributed by atoms with Crippen LogP contribution in [0.25, 0.3) is 0 Å². The van der Waals surface area contributed by atoms with Gasteiger partial charge >= 0.3 is 11.9 Å². The second kappa shape index (κ2) is 8.09. The van der Waals surface area contributed by atoms with Crippen molar-refractivity contribution in [1.82, 2.24) is 9.78 Å². The Bertz CT molecular complexity index is 763. The number of methoxy groups -OCH3 is 2. The van der Waals surface area contributed by atoms with E-state index in [0.29, 0.717) is 12.2 Å². The third-order valence-corrected chi connectivity index (χ3v) is 3.39. The molecule has 132 valence electrons. The molecule has 25 heavy (non-hydrogen) atoms. The molecule has 8 nitrogen and oxygen atoms in total. The molecule has 0 radical (unpaired) electrons. The minimum atomic E-state index is -0.617. The fourth-order valence-corrected chi connectivity index (χ4v) is 2.20. The van der Waals surface area contributed by atoms with Crippen LogP contribution in [0.2, 0.25) is 0 Å². The lowest BCUT2D eigenvalue weighted by Crippen LogP contribution is -2.16. The van der Waals surface area contributed by atoms with E-state index >= 15 is 0 Å². The molecule has 1 N–H and O–H groups in total. The lowest BCUT2D eigenvalue weighted by atomic mass is 10.1. The van der Waals surface area contributed by atoms with Gasteiger partial charge in [0.1, 0.15) is 0 Å². The largest absolute Gasteiger partial charge is 0.465 e. The number of carbonyl (C=O) groups is 3. The van der Waals surface area contributed by atoms with Crippen molar-refractivity contribution in [1.29, 1.82) is 0 Å². The van der Waals surface area contributed by atoms with Crippen molar-refractivity contribution < 1.29 is 23.9 Å². The van der Waals surface area contributed by atoms with Crippen LogP contribution in [0.1, 0.15) is 32.7 Å².